The van der Waals surface area contributed by atoms with Gasteiger partial charge in [0.1, 0.15) is 6.07 Å². The minimum absolute atomic E-state index is 0.153. The Balaban J connectivity index is 2.67. The minimum atomic E-state index is -0.552. The van der Waals surface area contributed by atoms with Gasteiger partial charge in [-0.15, -0.1) is 0 Å². The van der Waals surface area contributed by atoms with Crippen molar-refractivity contribution in [2.24, 2.45) is 0 Å². The number of nitro benzene ring substituents is 1. The molecule has 0 fully saturated rings. The quantitative estimate of drug-likeness (QED) is 0.327. The number of hydrogen-bond donors (Lipinski definition) is 0. The fourth-order valence-electron chi connectivity index (χ4n) is 2.17. The van der Waals surface area contributed by atoms with E-state index in [0.717, 1.165) is 10.0 Å². The molecule has 7 heteroatoms. The van der Waals surface area contributed by atoms with Crippen LogP contribution in [0.3, 0.4) is 0 Å². The summed E-state index contributed by atoms with van der Waals surface area (Å²) in [5, 5.41) is 20.9. The highest BCUT2D eigenvalue weighted by Crippen LogP contribution is 2.38. The van der Waals surface area contributed by atoms with E-state index in [0.29, 0.717) is 5.75 Å². The summed E-state index contributed by atoms with van der Waals surface area (Å²) in [6.07, 6.45) is 1.58. The monoisotopic (exact) mass is 388 g/mol. The van der Waals surface area contributed by atoms with Crippen LogP contribution in [-0.2, 0) is 0 Å². The van der Waals surface area contributed by atoms with Crippen LogP contribution in [0, 0.1) is 21.4 Å². The van der Waals surface area contributed by atoms with E-state index in [9.17, 15) is 15.4 Å². The second-order valence-electron chi connectivity index (χ2n) is 4.71. The Morgan fingerprint density at radius 2 is 1.92 bits per heavy atom. The lowest BCUT2D eigenvalue weighted by Gasteiger charge is -2.10. The van der Waals surface area contributed by atoms with Gasteiger partial charge in [-0.25, -0.2) is 0 Å². The second-order valence-corrected chi connectivity index (χ2v) is 5.62. The molecular formula is C17H13BrN2O4. The van der Waals surface area contributed by atoms with Crippen LogP contribution >= 0.6 is 15.9 Å². The molecule has 0 saturated carbocycles. The van der Waals surface area contributed by atoms with Gasteiger partial charge < -0.3 is 9.47 Å². The Morgan fingerprint density at radius 3 is 2.46 bits per heavy atom. The third-order valence-electron chi connectivity index (χ3n) is 3.27. The van der Waals surface area contributed by atoms with Crippen molar-refractivity contribution in [1.82, 2.24) is 0 Å². The Hall–Kier alpha value is -2.85. The molecule has 0 radical (unpaired) electrons. The summed E-state index contributed by atoms with van der Waals surface area (Å²) >= 11 is 3.35. The molecule has 0 heterocycles. The second kappa shape index (κ2) is 7.62. The van der Waals surface area contributed by atoms with Gasteiger partial charge in [0.25, 0.3) is 5.69 Å². The molecule has 2 rings (SSSR count). The summed E-state index contributed by atoms with van der Waals surface area (Å²) in [6.45, 7) is 0. The number of rotatable bonds is 5. The van der Waals surface area contributed by atoms with Crippen LogP contribution in [-0.4, -0.2) is 19.1 Å². The average Bonchev–Trinajstić information content (AvgIpc) is 2.58. The Kier molecular flexibility index (Phi) is 5.55. The van der Waals surface area contributed by atoms with Gasteiger partial charge in [0.2, 0.25) is 0 Å². The first-order chi connectivity index (χ1) is 11.5. The fraction of sp³-hybridized carbons (Fsp3) is 0.118. The minimum Gasteiger partial charge on any atom is -0.493 e. The highest BCUT2D eigenvalue weighted by molar-refractivity contribution is 9.10. The molecule has 0 bridgehead atoms. The molecule has 0 unspecified atom stereocenters. The lowest BCUT2D eigenvalue weighted by atomic mass is 10.0. The van der Waals surface area contributed by atoms with E-state index in [1.165, 1.54) is 26.4 Å². The highest BCUT2D eigenvalue weighted by atomic mass is 79.9. The molecule has 2 aromatic carbocycles. The van der Waals surface area contributed by atoms with Gasteiger partial charge in [0.05, 0.1) is 36.3 Å². The number of allylic oxidation sites excluding steroid dienone is 1. The summed E-state index contributed by atoms with van der Waals surface area (Å²) in [7, 11) is 2.82. The van der Waals surface area contributed by atoms with Crippen LogP contribution in [0.5, 0.6) is 11.5 Å². The zero-order chi connectivity index (χ0) is 17.7. The zero-order valence-corrected chi connectivity index (χ0v) is 14.5. The molecule has 6 nitrogen and oxygen atoms in total. The van der Waals surface area contributed by atoms with Crippen LogP contribution in [0.2, 0.25) is 0 Å². The molecule has 0 amide bonds. The molecule has 0 spiro atoms. The number of nitro groups is 1. The van der Waals surface area contributed by atoms with E-state index in [1.807, 2.05) is 24.3 Å². The number of methoxy groups -OCH3 is 2. The van der Waals surface area contributed by atoms with E-state index >= 15 is 0 Å². The summed E-state index contributed by atoms with van der Waals surface area (Å²) in [5.41, 5.74) is 0.835. The Bertz CT molecular complexity index is 856. The van der Waals surface area contributed by atoms with Gasteiger partial charge in [-0.05, 0) is 29.8 Å². The maximum absolute atomic E-state index is 11.4. The number of hydrogen-bond acceptors (Lipinski definition) is 5. The van der Waals surface area contributed by atoms with Gasteiger partial charge in [0, 0.05) is 4.47 Å². The molecule has 0 aromatic heterocycles. The lowest BCUT2D eigenvalue weighted by Crippen LogP contribution is -1.98. The number of nitrogens with zero attached hydrogens (tertiary/aromatic N) is 2. The number of ether oxygens (including phenoxy) is 2. The Morgan fingerprint density at radius 1 is 1.25 bits per heavy atom. The van der Waals surface area contributed by atoms with E-state index in [4.69, 9.17) is 9.47 Å². The highest BCUT2D eigenvalue weighted by Gasteiger charge is 2.22. The lowest BCUT2D eigenvalue weighted by molar-refractivity contribution is -0.385. The number of benzene rings is 2. The third-order valence-corrected chi connectivity index (χ3v) is 3.76. The molecular weight excluding hydrogens is 376 g/mol. The Labute approximate surface area is 147 Å². The van der Waals surface area contributed by atoms with Crippen molar-refractivity contribution in [3.8, 4) is 17.6 Å². The number of nitriles is 1. The van der Waals surface area contributed by atoms with Crippen molar-refractivity contribution in [2.75, 3.05) is 14.2 Å². The van der Waals surface area contributed by atoms with Gasteiger partial charge in [-0.2, -0.15) is 5.26 Å². The van der Waals surface area contributed by atoms with E-state index in [-0.39, 0.29) is 22.6 Å². The van der Waals surface area contributed by atoms with E-state index in [2.05, 4.69) is 15.9 Å². The van der Waals surface area contributed by atoms with Gasteiger partial charge in [-0.1, -0.05) is 28.1 Å². The molecule has 0 N–H and O–H groups in total. The van der Waals surface area contributed by atoms with Crippen LogP contribution < -0.4 is 9.47 Å². The molecule has 0 aliphatic heterocycles. The van der Waals surface area contributed by atoms with Crippen molar-refractivity contribution < 1.29 is 14.4 Å². The SMILES string of the molecule is COc1cc(C(C#N)=Cc2cccc(Br)c2)c([N+](=O)[O-])cc1OC. The van der Waals surface area contributed by atoms with Crippen molar-refractivity contribution in [1.29, 1.82) is 5.26 Å². The van der Waals surface area contributed by atoms with Crippen LogP contribution in [0.15, 0.2) is 40.9 Å². The first-order valence-electron chi connectivity index (χ1n) is 6.78. The first-order valence-corrected chi connectivity index (χ1v) is 7.57. The fourth-order valence-corrected chi connectivity index (χ4v) is 2.59. The molecule has 2 aromatic rings. The molecule has 0 aliphatic rings. The molecule has 0 saturated heterocycles. The zero-order valence-electron chi connectivity index (χ0n) is 12.9. The summed E-state index contributed by atoms with van der Waals surface area (Å²) < 4.78 is 11.1. The van der Waals surface area contributed by atoms with Gasteiger partial charge >= 0.3 is 0 Å². The largest absolute Gasteiger partial charge is 0.493 e. The average molecular weight is 389 g/mol. The summed E-state index contributed by atoms with van der Waals surface area (Å²) in [6, 6.07) is 12.0. The van der Waals surface area contributed by atoms with Crippen molar-refractivity contribution >= 4 is 33.3 Å². The first kappa shape index (κ1) is 17.5. The normalized spacial score (nSPS) is 10.8. The van der Waals surface area contributed by atoms with Crippen molar-refractivity contribution in [2.45, 2.75) is 0 Å². The van der Waals surface area contributed by atoms with E-state index < -0.39 is 4.92 Å². The maximum atomic E-state index is 11.4. The molecule has 122 valence electrons. The molecule has 0 aliphatic carbocycles. The van der Waals surface area contributed by atoms with Crippen LogP contribution in [0.1, 0.15) is 11.1 Å². The standard InChI is InChI=1S/C17H13BrN2O4/c1-23-16-8-14(15(20(21)22)9-17(16)24-2)12(10-19)6-11-4-3-5-13(18)7-11/h3-9H,1-2H3. The van der Waals surface area contributed by atoms with Crippen molar-refractivity contribution in [3.05, 3.63) is 62.1 Å². The predicted molar refractivity (Wildman–Crippen MR) is 93.8 cm³/mol. The maximum Gasteiger partial charge on any atom is 0.281 e. The van der Waals surface area contributed by atoms with Gasteiger partial charge in [-0.3, -0.25) is 10.1 Å². The van der Waals surface area contributed by atoms with E-state index in [1.54, 1.807) is 12.1 Å². The molecule has 0 atom stereocenters. The summed E-state index contributed by atoms with van der Waals surface area (Å²) in [4.78, 5) is 10.8. The van der Waals surface area contributed by atoms with Crippen molar-refractivity contribution in [3.63, 3.8) is 0 Å². The van der Waals surface area contributed by atoms with Crippen LogP contribution in [0.25, 0.3) is 11.6 Å². The topological polar surface area (TPSA) is 85.4 Å². The smallest absolute Gasteiger partial charge is 0.281 e. The molecule has 24 heavy (non-hydrogen) atoms. The van der Waals surface area contributed by atoms with Crippen LogP contribution in [0.4, 0.5) is 5.69 Å². The number of halogens is 1. The third kappa shape index (κ3) is 3.73. The summed E-state index contributed by atoms with van der Waals surface area (Å²) in [5.74, 6) is 0.543. The predicted octanol–water partition coefficient (Wildman–Crippen LogP) is 4.44. The van der Waals surface area contributed by atoms with Gasteiger partial charge in [0.15, 0.2) is 11.5 Å².